The number of ketones is 1. The first-order chi connectivity index (χ1) is 20.1. The number of hydrogen-bond acceptors (Lipinski definition) is 9. The van der Waals surface area contributed by atoms with Gasteiger partial charge in [0.2, 0.25) is 27.6 Å². The number of sulfonamides is 1. The largest absolute Gasteiger partial charge is 0.386 e. The Morgan fingerprint density at radius 2 is 1.83 bits per heavy atom. The molecule has 2 heterocycles. The summed E-state index contributed by atoms with van der Waals surface area (Å²) in [6.07, 6.45) is 2.48. The van der Waals surface area contributed by atoms with Gasteiger partial charge in [-0.1, -0.05) is 61.2 Å². The minimum absolute atomic E-state index is 0.118. The van der Waals surface area contributed by atoms with Crippen LogP contribution in [-0.4, -0.2) is 61.1 Å². The molecule has 0 aliphatic carbocycles. The van der Waals surface area contributed by atoms with Crippen LogP contribution in [0.1, 0.15) is 39.3 Å². The van der Waals surface area contributed by atoms with Crippen LogP contribution in [0.3, 0.4) is 0 Å². The van der Waals surface area contributed by atoms with E-state index in [1.165, 1.54) is 22.4 Å². The van der Waals surface area contributed by atoms with Crippen molar-refractivity contribution in [1.29, 1.82) is 0 Å². The van der Waals surface area contributed by atoms with E-state index in [2.05, 4.69) is 26.9 Å². The van der Waals surface area contributed by atoms with Gasteiger partial charge in [-0.15, -0.1) is 11.3 Å². The Bertz CT molecular complexity index is 1510. The second-order valence-corrected chi connectivity index (χ2v) is 12.6. The van der Waals surface area contributed by atoms with Crippen LogP contribution in [0.25, 0.3) is 0 Å². The number of nitrogens with zero attached hydrogens (tertiary/aromatic N) is 2. The Hall–Kier alpha value is -4.07. The molecule has 13 heteroatoms. The van der Waals surface area contributed by atoms with Gasteiger partial charge in [0.15, 0.2) is 5.01 Å². The second kappa shape index (κ2) is 14.2. The number of rotatable bonds is 14. The number of carbonyl (C=O) groups excluding carboxylic acids is 3. The van der Waals surface area contributed by atoms with Crippen molar-refractivity contribution in [2.45, 2.75) is 43.6 Å². The molecule has 2 atom stereocenters. The van der Waals surface area contributed by atoms with Gasteiger partial charge in [0.05, 0.1) is 24.2 Å². The van der Waals surface area contributed by atoms with Gasteiger partial charge in [0, 0.05) is 24.7 Å². The highest BCUT2D eigenvalue weighted by Crippen LogP contribution is 2.21. The van der Waals surface area contributed by atoms with E-state index in [1.807, 2.05) is 24.3 Å². The molecule has 4 rings (SSSR count). The molecule has 0 bridgehead atoms. The van der Waals surface area contributed by atoms with E-state index in [4.69, 9.17) is 5.73 Å². The summed E-state index contributed by atoms with van der Waals surface area (Å²) in [5.41, 5.74) is 7.76. The highest BCUT2D eigenvalue weighted by Gasteiger charge is 2.34. The molecule has 3 aromatic rings. The highest BCUT2D eigenvalue weighted by atomic mass is 32.2. The van der Waals surface area contributed by atoms with Gasteiger partial charge >= 0.3 is 0 Å². The van der Waals surface area contributed by atoms with Crippen molar-refractivity contribution < 1.29 is 22.8 Å². The highest BCUT2D eigenvalue weighted by molar-refractivity contribution is 7.88. The van der Waals surface area contributed by atoms with Gasteiger partial charge in [-0.25, -0.2) is 18.1 Å². The van der Waals surface area contributed by atoms with E-state index in [1.54, 1.807) is 35.7 Å². The average Bonchev–Trinajstić information content (AvgIpc) is 3.45. The number of benzene rings is 2. The van der Waals surface area contributed by atoms with E-state index >= 15 is 0 Å². The van der Waals surface area contributed by atoms with Gasteiger partial charge in [0.1, 0.15) is 6.04 Å². The topological polar surface area (TPSA) is 164 Å². The zero-order chi connectivity index (χ0) is 30.1. The molecular formula is C29H34N6O5S2. The summed E-state index contributed by atoms with van der Waals surface area (Å²) < 4.78 is 28.7. The van der Waals surface area contributed by atoms with Crippen molar-refractivity contribution >= 4 is 39.0 Å². The summed E-state index contributed by atoms with van der Waals surface area (Å²) in [6.45, 7) is 3.80. The van der Waals surface area contributed by atoms with Crippen molar-refractivity contribution in [3.63, 3.8) is 0 Å². The normalized spacial score (nSPS) is 15.8. The molecule has 0 fully saturated rings. The van der Waals surface area contributed by atoms with Gasteiger partial charge in [0.25, 0.3) is 0 Å². The Kier molecular flexibility index (Phi) is 10.4. The maximum Gasteiger partial charge on any atom is 0.241 e. The van der Waals surface area contributed by atoms with Crippen molar-refractivity contribution in [3.8, 4) is 0 Å². The molecule has 2 aromatic carbocycles. The molecule has 1 aromatic heterocycles. The standard InChI is InChI=1S/C29H34N6O5S2/c1-20(30)31-13-7-12-24(27(37)28-32-14-15-41-28)33-26(36)18-35-17-23-11-6-5-10-22(23)16-25(29(35)38)34-42(39,40)19-21-8-3-2-4-9-21/h2-6,8-11,14-15,24-25,31,34H,1,7,12-13,16-19,30H2,(H,33,36)/t24?,25-/m0/s1. The quantitative estimate of drug-likeness (QED) is 0.158. The van der Waals surface area contributed by atoms with Crippen molar-refractivity contribution in [3.05, 3.63) is 100 Å². The zero-order valence-corrected chi connectivity index (χ0v) is 24.6. The third kappa shape index (κ3) is 8.71. The summed E-state index contributed by atoms with van der Waals surface area (Å²) in [6, 6.07) is 14.1. The van der Waals surface area contributed by atoms with Gasteiger partial charge in [-0.05, 0) is 36.0 Å². The molecule has 1 aliphatic heterocycles. The number of carbonyl (C=O) groups is 3. The van der Waals surface area contributed by atoms with Crippen molar-refractivity contribution in [2.24, 2.45) is 5.73 Å². The summed E-state index contributed by atoms with van der Waals surface area (Å²) in [5, 5.41) is 7.60. The van der Waals surface area contributed by atoms with Crippen LogP contribution in [0.2, 0.25) is 0 Å². The summed E-state index contributed by atoms with van der Waals surface area (Å²) in [5.74, 6) is -1.38. The Labute approximate surface area is 249 Å². The second-order valence-electron chi connectivity index (χ2n) is 10.00. The van der Waals surface area contributed by atoms with Crippen LogP contribution in [-0.2, 0) is 38.3 Å². The van der Waals surface area contributed by atoms with Crippen molar-refractivity contribution in [2.75, 3.05) is 13.1 Å². The molecule has 1 unspecified atom stereocenters. The molecule has 0 saturated carbocycles. The molecule has 2 amide bonds. The Morgan fingerprint density at radius 3 is 2.52 bits per heavy atom. The maximum atomic E-state index is 13.7. The Balaban J connectivity index is 1.49. The van der Waals surface area contributed by atoms with Crippen LogP contribution in [0.5, 0.6) is 0 Å². The third-order valence-electron chi connectivity index (χ3n) is 6.69. The number of aromatic nitrogens is 1. The minimum Gasteiger partial charge on any atom is -0.386 e. The fourth-order valence-corrected chi connectivity index (χ4v) is 6.69. The fourth-order valence-electron chi connectivity index (χ4n) is 4.73. The average molecular weight is 611 g/mol. The monoisotopic (exact) mass is 610 g/mol. The van der Waals surface area contributed by atoms with E-state index in [-0.39, 0.29) is 36.1 Å². The fraction of sp³-hybridized carbons (Fsp3) is 0.310. The molecule has 42 heavy (non-hydrogen) atoms. The number of Topliss-reactive ketones (excluding diaryl/α,β-unsaturated/α-hetero) is 1. The smallest absolute Gasteiger partial charge is 0.241 e. The van der Waals surface area contributed by atoms with E-state index < -0.39 is 33.9 Å². The molecule has 0 spiro atoms. The van der Waals surface area contributed by atoms with Gasteiger partial charge in [-0.3, -0.25) is 14.4 Å². The third-order valence-corrected chi connectivity index (χ3v) is 8.83. The first kappa shape index (κ1) is 30.9. The van der Waals surface area contributed by atoms with Crippen LogP contribution in [0.4, 0.5) is 0 Å². The van der Waals surface area contributed by atoms with E-state index in [9.17, 15) is 22.8 Å². The summed E-state index contributed by atoms with van der Waals surface area (Å²) in [4.78, 5) is 45.5. The summed E-state index contributed by atoms with van der Waals surface area (Å²) >= 11 is 1.18. The predicted molar refractivity (Wildman–Crippen MR) is 160 cm³/mol. The molecule has 5 N–H and O–H groups in total. The Morgan fingerprint density at radius 1 is 1.12 bits per heavy atom. The van der Waals surface area contributed by atoms with Crippen LogP contribution >= 0.6 is 11.3 Å². The van der Waals surface area contributed by atoms with Gasteiger partial charge < -0.3 is 21.3 Å². The number of nitrogens with two attached hydrogens (primary N) is 1. The molecule has 11 nitrogen and oxygen atoms in total. The van der Waals surface area contributed by atoms with Crippen molar-refractivity contribution in [1.82, 2.24) is 25.2 Å². The lowest BCUT2D eigenvalue weighted by molar-refractivity contribution is -0.137. The lowest BCUT2D eigenvalue weighted by atomic mass is 10.0. The van der Waals surface area contributed by atoms with Crippen LogP contribution in [0, 0.1) is 0 Å². The first-order valence-corrected chi connectivity index (χ1v) is 16.0. The first-order valence-electron chi connectivity index (χ1n) is 13.4. The SMILES string of the molecule is C=C(N)NCCCC(NC(=O)CN1Cc2ccccc2C[C@H](NS(=O)(=O)Cc2ccccc2)C1=O)C(=O)c1nccs1. The zero-order valence-electron chi connectivity index (χ0n) is 23.0. The summed E-state index contributed by atoms with van der Waals surface area (Å²) in [7, 11) is -3.88. The number of amides is 2. The number of fused-ring (bicyclic) bond motifs is 1. The van der Waals surface area contributed by atoms with Crippen LogP contribution in [0.15, 0.2) is 78.6 Å². The molecule has 1 aliphatic rings. The minimum atomic E-state index is -3.88. The molecular weight excluding hydrogens is 576 g/mol. The molecule has 0 saturated heterocycles. The predicted octanol–water partition coefficient (Wildman–Crippen LogP) is 1.68. The van der Waals surface area contributed by atoms with Crippen LogP contribution < -0.4 is 21.1 Å². The maximum absolute atomic E-state index is 13.7. The number of hydrogen-bond donors (Lipinski definition) is 4. The molecule has 0 radical (unpaired) electrons. The van der Waals surface area contributed by atoms with E-state index in [0.717, 1.165) is 11.1 Å². The number of nitrogens with one attached hydrogen (secondary N) is 3. The molecule has 222 valence electrons. The lowest BCUT2D eigenvalue weighted by Gasteiger charge is -2.26. The number of thiazole rings is 1. The van der Waals surface area contributed by atoms with Gasteiger partial charge in [-0.2, -0.15) is 0 Å². The lowest BCUT2D eigenvalue weighted by Crippen LogP contribution is -2.52. The van der Waals surface area contributed by atoms with E-state index in [0.29, 0.717) is 30.8 Å².